The van der Waals surface area contributed by atoms with Crippen LogP contribution in [0.2, 0.25) is 5.28 Å². The van der Waals surface area contributed by atoms with Gasteiger partial charge in [0, 0.05) is 18.2 Å². The highest BCUT2D eigenvalue weighted by Gasteiger charge is 2.23. The number of nitrogens with one attached hydrogen (secondary N) is 1. The van der Waals surface area contributed by atoms with Crippen LogP contribution in [0.5, 0.6) is 0 Å². The molecule has 1 aromatic rings. The number of primary amides is 1. The Bertz CT molecular complexity index is 492. The predicted octanol–water partition coefficient (Wildman–Crippen LogP) is 0.298. The maximum atomic E-state index is 11.4. The van der Waals surface area contributed by atoms with E-state index in [1.54, 1.807) is 0 Å². The lowest BCUT2D eigenvalue weighted by Gasteiger charge is -2.06. The maximum Gasteiger partial charge on any atom is 0.267 e. The fourth-order valence-electron chi connectivity index (χ4n) is 1.96. The van der Waals surface area contributed by atoms with Gasteiger partial charge in [0.2, 0.25) is 11.2 Å². The van der Waals surface area contributed by atoms with Crippen molar-refractivity contribution in [2.75, 3.05) is 6.54 Å². The van der Waals surface area contributed by atoms with Crippen LogP contribution in [-0.4, -0.2) is 28.3 Å². The molecule has 1 atom stereocenters. The maximum absolute atomic E-state index is 11.4. The molecule has 0 saturated carbocycles. The normalized spacial score (nSPS) is 18.7. The van der Waals surface area contributed by atoms with Crippen LogP contribution < -0.4 is 11.1 Å². The summed E-state index contributed by atoms with van der Waals surface area (Å²) in [5.74, 6) is -0.555. The van der Waals surface area contributed by atoms with Crippen LogP contribution in [0.25, 0.3) is 0 Å². The minimum Gasteiger partial charge on any atom is -0.364 e. The van der Waals surface area contributed by atoms with Gasteiger partial charge in [-0.15, -0.1) is 0 Å². The Morgan fingerprint density at radius 1 is 1.56 bits per heavy atom. The lowest BCUT2D eigenvalue weighted by atomic mass is 10.0. The SMILES string of the molecule is NC(=O)c1cc(CCC2CCNC2=O)nc(Cl)n1. The predicted molar refractivity (Wildman–Crippen MR) is 65.0 cm³/mol. The van der Waals surface area contributed by atoms with Crippen molar-refractivity contribution in [3.05, 3.63) is 22.7 Å². The second-order valence-corrected chi connectivity index (χ2v) is 4.53. The van der Waals surface area contributed by atoms with Gasteiger partial charge in [0.1, 0.15) is 5.69 Å². The van der Waals surface area contributed by atoms with Crippen molar-refractivity contribution in [3.63, 3.8) is 0 Å². The number of aryl methyl sites for hydroxylation is 1. The van der Waals surface area contributed by atoms with Crippen molar-refractivity contribution < 1.29 is 9.59 Å². The van der Waals surface area contributed by atoms with Crippen molar-refractivity contribution in [2.45, 2.75) is 19.3 Å². The quantitative estimate of drug-likeness (QED) is 0.767. The zero-order valence-electron chi connectivity index (χ0n) is 9.65. The van der Waals surface area contributed by atoms with Gasteiger partial charge in [0.05, 0.1) is 0 Å². The smallest absolute Gasteiger partial charge is 0.267 e. The largest absolute Gasteiger partial charge is 0.364 e. The first-order chi connectivity index (χ1) is 8.56. The van der Waals surface area contributed by atoms with Gasteiger partial charge in [-0.2, -0.15) is 0 Å². The number of halogens is 1. The summed E-state index contributed by atoms with van der Waals surface area (Å²) in [4.78, 5) is 30.2. The van der Waals surface area contributed by atoms with Crippen LogP contribution in [0, 0.1) is 5.92 Å². The Kier molecular flexibility index (Phi) is 3.76. The van der Waals surface area contributed by atoms with Crippen LogP contribution >= 0.6 is 11.6 Å². The molecular weight excluding hydrogens is 256 g/mol. The number of amides is 2. The molecule has 1 aromatic heterocycles. The van der Waals surface area contributed by atoms with E-state index < -0.39 is 5.91 Å². The van der Waals surface area contributed by atoms with Gasteiger partial charge in [0.25, 0.3) is 5.91 Å². The number of nitrogens with zero attached hydrogens (tertiary/aromatic N) is 2. The Morgan fingerprint density at radius 2 is 2.33 bits per heavy atom. The second-order valence-electron chi connectivity index (χ2n) is 4.19. The summed E-state index contributed by atoms with van der Waals surface area (Å²) in [5.41, 5.74) is 5.87. The average Bonchev–Trinajstić information content (AvgIpc) is 2.71. The third-order valence-corrected chi connectivity index (χ3v) is 3.09. The van der Waals surface area contributed by atoms with Crippen LogP contribution in [-0.2, 0) is 11.2 Å². The molecule has 1 saturated heterocycles. The number of nitrogens with two attached hydrogens (primary N) is 1. The lowest BCUT2D eigenvalue weighted by Crippen LogP contribution is -2.19. The monoisotopic (exact) mass is 268 g/mol. The molecule has 2 amide bonds. The van der Waals surface area contributed by atoms with Crippen molar-refractivity contribution in [2.24, 2.45) is 11.7 Å². The first kappa shape index (κ1) is 12.8. The van der Waals surface area contributed by atoms with Gasteiger partial charge in [0.15, 0.2) is 0 Å². The molecule has 0 spiro atoms. The zero-order chi connectivity index (χ0) is 13.1. The first-order valence-electron chi connectivity index (χ1n) is 5.67. The molecule has 7 heteroatoms. The average molecular weight is 269 g/mol. The van der Waals surface area contributed by atoms with E-state index in [4.69, 9.17) is 17.3 Å². The molecular formula is C11H13ClN4O2. The van der Waals surface area contributed by atoms with Crippen LogP contribution in [0.15, 0.2) is 6.07 Å². The van der Waals surface area contributed by atoms with Crippen LogP contribution in [0.4, 0.5) is 0 Å². The van der Waals surface area contributed by atoms with Crippen molar-refractivity contribution in [3.8, 4) is 0 Å². The first-order valence-corrected chi connectivity index (χ1v) is 6.05. The van der Waals surface area contributed by atoms with E-state index in [2.05, 4.69) is 15.3 Å². The van der Waals surface area contributed by atoms with Crippen molar-refractivity contribution >= 4 is 23.4 Å². The molecule has 0 radical (unpaired) electrons. The van der Waals surface area contributed by atoms with Crippen molar-refractivity contribution in [1.82, 2.24) is 15.3 Å². The standard InChI is InChI=1S/C11H13ClN4O2/c12-11-15-7(5-8(16-11)9(13)17)2-1-6-3-4-14-10(6)18/h5-6H,1-4H2,(H2,13,17)(H,14,18). The number of rotatable bonds is 4. The summed E-state index contributed by atoms with van der Waals surface area (Å²) >= 11 is 5.71. The number of aromatic nitrogens is 2. The fraction of sp³-hybridized carbons (Fsp3) is 0.455. The van der Waals surface area contributed by atoms with E-state index in [0.717, 1.165) is 13.0 Å². The molecule has 0 aliphatic carbocycles. The minimum absolute atomic E-state index is 0.00262. The van der Waals surface area contributed by atoms with E-state index in [-0.39, 0.29) is 22.8 Å². The molecule has 1 unspecified atom stereocenters. The van der Waals surface area contributed by atoms with E-state index in [0.29, 0.717) is 18.5 Å². The van der Waals surface area contributed by atoms with E-state index in [9.17, 15) is 9.59 Å². The highest BCUT2D eigenvalue weighted by Crippen LogP contribution is 2.17. The Labute approximate surface area is 109 Å². The topological polar surface area (TPSA) is 98.0 Å². The third-order valence-electron chi connectivity index (χ3n) is 2.92. The summed E-state index contributed by atoms with van der Waals surface area (Å²) in [6, 6.07) is 1.51. The van der Waals surface area contributed by atoms with Crippen LogP contribution in [0.3, 0.4) is 0 Å². The van der Waals surface area contributed by atoms with E-state index >= 15 is 0 Å². The Hall–Kier alpha value is -1.69. The molecule has 96 valence electrons. The molecule has 1 aliphatic rings. The zero-order valence-corrected chi connectivity index (χ0v) is 10.4. The van der Waals surface area contributed by atoms with Gasteiger partial charge in [-0.25, -0.2) is 9.97 Å². The molecule has 18 heavy (non-hydrogen) atoms. The van der Waals surface area contributed by atoms with Gasteiger partial charge in [-0.05, 0) is 36.9 Å². The fourth-order valence-corrected chi connectivity index (χ4v) is 2.16. The molecule has 2 heterocycles. The Balaban J connectivity index is 2.04. The highest BCUT2D eigenvalue weighted by molar-refractivity contribution is 6.28. The number of hydrogen-bond acceptors (Lipinski definition) is 4. The molecule has 3 N–H and O–H groups in total. The van der Waals surface area contributed by atoms with E-state index in [1.165, 1.54) is 6.07 Å². The van der Waals surface area contributed by atoms with E-state index in [1.807, 2.05) is 0 Å². The number of hydrogen-bond donors (Lipinski definition) is 2. The van der Waals surface area contributed by atoms with Gasteiger partial charge in [-0.3, -0.25) is 9.59 Å². The summed E-state index contributed by atoms with van der Waals surface area (Å²) in [6.07, 6.45) is 2.08. The van der Waals surface area contributed by atoms with Gasteiger partial charge >= 0.3 is 0 Å². The second kappa shape index (κ2) is 5.30. The molecule has 1 aliphatic heterocycles. The lowest BCUT2D eigenvalue weighted by molar-refractivity contribution is -0.122. The number of carbonyl (C=O) groups is 2. The summed E-state index contributed by atoms with van der Waals surface area (Å²) in [6.45, 7) is 0.723. The van der Waals surface area contributed by atoms with Crippen LogP contribution in [0.1, 0.15) is 29.0 Å². The minimum atomic E-state index is -0.640. The molecule has 0 bridgehead atoms. The number of carbonyl (C=O) groups excluding carboxylic acids is 2. The molecule has 0 aromatic carbocycles. The summed E-state index contributed by atoms with van der Waals surface area (Å²) in [5, 5.41) is 2.77. The summed E-state index contributed by atoms with van der Waals surface area (Å²) < 4.78 is 0. The van der Waals surface area contributed by atoms with Gasteiger partial charge < -0.3 is 11.1 Å². The van der Waals surface area contributed by atoms with Crippen molar-refractivity contribution in [1.29, 1.82) is 0 Å². The third kappa shape index (κ3) is 2.95. The van der Waals surface area contributed by atoms with Gasteiger partial charge in [-0.1, -0.05) is 0 Å². The molecule has 1 fully saturated rings. The molecule has 2 rings (SSSR count). The Morgan fingerprint density at radius 3 is 2.94 bits per heavy atom. The summed E-state index contributed by atoms with van der Waals surface area (Å²) in [7, 11) is 0. The highest BCUT2D eigenvalue weighted by atomic mass is 35.5. The molecule has 6 nitrogen and oxygen atoms in total.